The van der Waals surface area contributed by atoms with E-state index in [9.17, 15) is 14.4 Å². The summed E-state index contributed by atoms with van der Waals surface area (Å²) in [4.78, 5) is 35.6. The van der Waals surface area contributed by atoms with Crippen molar-refractivity contribution in [2.75, 3.05) is 46.4 Å². The fourth-order valence-corrected chi connectivity index (χ4v) is 1.84. The molecule has 1 unspecified atom stereocenters. The predicted octanol–water partition coefficient (Wildman–Crippen LogP) is -2.18. The Labute approximate surface area is 116 Å². The van der Waals surface area contributed by atoms with Gasteiger partial charge in [-0.05, 0) is 0 Å². The minimum Gasteiger partial charge on any atom is -0.480 e. The predicted molar refractivity (Wildman–Crippen MR) is 69.3 cm³/mol. The van der Waals surface area contributed by atoms with Gasteiger partial charge in [0.2, 0.25) is 5.91 Å². The number of carboxylic acid groups (broad SMARTS) is 1. The fraction of sp³-hybridized carbons (Fsp3) is 0.727. The lowest BCUT2D eigenvalue weighted by Gasteiger charge is -2.32. The number of carbonyl (C=O) groups is 3. The van der Waals surface area contributed by atoms with E-state index in [-0.39, 0.29) is 13.1 Å². The van der Waals surface area contributed by atoms with Gasteiger partial charge in [0.05, 0.1) is 13.2 Å². The Bertz CT molecular complexity index is 363. The van der Waals surface area contributed by atoms with Crippen molar-refractivity contribution in [2.45, 2.75) is 6.04 Å². The van der Waals surface area contributed by atoms with E-state index in [1.165, 1.54) is 12.0 Å². The maximum atomic E-state index is 11.7. The van der Waals surface area contributed by atoms with Gasteiger partial charge in [-0.15, -0.1) is 0 Å². The molecule has 4 N–H and O–H groups in total. The van der Waals surface area contributed by atoms with Gasteiger partial charge in [0.15, 0.2) is 0 Å². The largest absolute Gasteiger partial charge is 0.480 e. The fourth-order valence-electron chi connectivity index (χ4n) is 1.84. The van der Waals surface area contributed by atoms with Crippen LogP contribution in [0.2, 0.25) is 0 Å². The number of methoxy groups -OCH3 is 1. The number of piperazine rings is 1. The molecule has 1 aliphatic rings. The van der Waals surface area contributed by atoms with E-state index in [0.717, 1.165) is 0 Å². The Balaban J connectivity index is 2.36. The van der Waals surface area contributed by atoms with Gasteiger partial charge in [0.1, 0.15) is 6.04 Å². The highest BCUT2D eigenvalue weighted by Gasteiger charge is 2.29. The van der Waals surface area contributed by atoms with Gasteiger partial charge in [-0.1, -0.05) is 0 Å². The van der Waals surface area contributed by atoms with E-state index in [4.69, 9.17) is 9.84 Å². The highest BCUT2D eigenvalue weighted by atomic mass is 16.5. The summed E-state index contributed by atoms with van der Waals surface area (Å²) in [7, 11) is 1.50. The first-order valence-corrected chi connectivity index (χ1v) is 6.28. The minimum absolute atomic E-state index is 0.129. The second-order valence-corrected chi connectivity index (χ2v) is 4.33. The van der Waals surface area contributed by atoms with Gasteiger partial charge in [-0.2, -0.15) is 0 Å². The molecule has 114 valence electrons. The quantitative estimate of drug-likeness (QED) is 0.410. The second-order valence-electron chi connectivity index (χ2n) is 4.33. The molecule has 1 heterocycles. The zero-order valence-electron chi connectivity index (χ0n) is 11.3. The normalized spacial score (nSPS) is 19.4. The van der Waals surface area contributed by atoms with Crippen molar-refractivity contribution in [1.29, 1.82) is 0 Å². The van der Waals surface area contributed by atoms with Crippen molar-refractivity contribution >= 4 is 17.9 Å². The number of ether oxygens (including phenoxy) is 1. The van der Waals surface area contributed by atoms with Crippen LogP contribution >= 0.6 is 0 Å². The maximum absolute atomic E-state index is 11.7. The molecule has 1 saturated heterocycles. The third-order valence-corrected chi connectivity index (χ3v) is 2.83. The van der Waals surface area contributed by atoms with Crippen LogP contribution in [0.15, 0.2) is 0 Å². The van der Waals surface area contributed by atoms with Crippen molar-refractivity contribution in [3.05, 3.63) is 0 Å². The van der Waals surface area contributed by atoms with Crippen LogP contribution in [0.25, 0.3) is 0 Å². The first-order valence-electron chi connectivity index (χ1n) is 6.28. The van der Waals surface area contributed by atoms with Gasteiger partial charge in [0.25, 0.3) is 0 Å². The molecule has 20 heavy (non-hydrogen) atoms. The topological polar surface area (TPSA) is 120 Å². The molecule has 1 rings (SSSR count). The Morgan fingerprint density at radius 2 is 2.20 bits per heavy atom. The van der Waals surface area contributed by atoms with Crippen molar-refractivity contribution in [2.24, 2.45) is 0 Å². The molecule has 0 aliphatic carbocycles. The zero-order chi connectivity index (χ0) is 15.0. The average molecular weight is 288 g/mol. The summed E-state index contributed by atoms with van der Waals surface area (Å²) in [6.45, 7) is 1.84. The lowest BCUT2D eigenvalue weighted by Crippen LogP contribution is -2.57. The Hall–Kier alpha value is -1.71. The van der Waals surface area contributed by atoms with Crippen LogP contribution in [0, 0.1) is 0 Å². The molecule has 1 aliphatic heterocycles. The highest BCUT2D eigenvalue weighted by Crippen LogP contribution is 2.02. The van der Waals surface area contributed by atoms with Crippen molar-refractivity contribution < 1.29 is 24.2 Å². The van der Waals surface area contributed by atoms with Crippen LogP contribution in [0.3, 0.4) is 0 Å². The lowest BCUT2D eigenvalue weighted by atomic mass is 10.2. The number of aliphatic carboxylic acids is 1. The van der Waals surface area contributed by atoms with Crippen LogP contribution in [0.5, 0.6) is 0 Å². The lowest BCUT2D eigenvalue weighted by molar-refractivity contribution is -0.144. The molecule has 3 amide bonds. The Kier molecular flexibility index (Phi) is 6.91. The van der Waals surface area contributed by atoms with Gasteiger partial charge in [-0.25, -0.2) is 4.79 Å². The SMILES string of the molecule is COCCNC(=O)NC(=O)CN1CCNCC1C(=O)O. The molecule has 0 aromatic carbocycles. The van der Waals surface area contributed by atoms with E-state index in [1.807, 2.05) is 0 Å². The number of imide groups is 1. The van der Waals surface area contributed by atoms with Crippen LogP contribution < -0.4 is 16.0 Å². The summed E-state index contributed by atoms with van der Waals surface area (Å²) in [5, 5.41) is 16.6. The smallest absolute Gasteiger partial charge is 0.322 e. The summed E-state index contributed by atoms with van der Waals surface area (Å²) in [6.07, 6.45) is 0. The number of nitrogens with one attached hydrogen (secondary N) is 3. The molecule has 0 spiro atoms. The second kappa shape index (κ2) is 8.46. The molecule has 0 aromatic heterocycles. The first kappa shape index (κ1) is 16.3. The van der Waals surface area contributed by atoms with Crippen molar-refractivity contribution in [3.63, 3.8) is 0 Å². The third kappa shape index (κ3) is 5.51. The molecule has 9 heteroatoms. The molecule has 9 nitrogen and oxygen atoms in total. The number of urea groups is 1. The summed E-state index contributed by atoms with van der Waals surface area (Å²) < 4.78 is 4.75. The number of rotatable bonds is 6. The summed E-state index contributed by atoms with van der Waals surface area (Å²) >= 11 is 0. The number of carbonyl (C=O) groups excluding carboxylic acids is 2. The third-order valence-electron chi connectivity index (χ3n) is 2.83. The highest BCUT2D eigenvalue weighted by molar-refractivity contribution is 5.95. The van der Waals surface area contributed by atoms with Crippen LogP contribution in [0.4, 0.5) is 4.79 Å². The standard InChI is InChI=1S/C11H20N4O5/c1-20-5-3-13-11(19)14-9(16)7-15-4-2-12-6-8(15)10(17)18/h8,12H,2-7H2,1H3,(H,17,18)(H2,13,14,16,19). The van der Waals surface area contributed by atoms with E-state index in [0.29, 0.717) is 26.2 Å². The first-order chi connectivity index (χ1) is 9.54. The molecule has 0 bridgehead atoms. The number of nitrogens with zero attached hydrogens (tertiary/aromatic N) is 1. The molecule has 0 saturated carbocycles. The van der Waals surface area contributed by atoms with Gasteiger partial charge >= 0.3 is 12.0 Å². The number of carboxylic acids is 1. The Morgan fingerprint density at radius 3 is 2.85 bits per heavy atom. The number of hydrogen-bond acceptors (Lipinski definition) is 6. The van der Waals surface area contributed by atoms with E-state index >= 15 is 0 Å². The summed E-state index contributed by atoms with van der Waals surface area (Å²) in [5.41, 5.74) is 0. The van der Waals surface area contributed by atoms with E-state index in [2.05, 4.69) is 16.0 Å². The van der Waals surface area contributed by atoms with Crippen molar-refractivity contribution in [1.82, 2.24) is 20.9 Å². The molecular formula is C11H20N4O5. The van der Waals surface area contributed by atoms with Crippen LogP contribution in [-0.4, -0.2) is 80.4 Å². The molecule has 0 aromatic rings. The molecule has 0 radical (unpaired) electrons. The molecule has 1 fully saturated rings. The van der Waals surface area contributed by atoms with Gasteiger partial charge in [-0.3, -0.25) is 19.8 Å². The zero-order valence-corrected chi connectivity index (χ0v) is 11.3. The van der Waals surface area contributed by atoms with Crippen molar-refractivity contribution in [3.8, 4) is 0 Å². The van der Waals surface area contributed by atoms with E-state index in [1.54, 1.807) is 0 Å². The number of hydrogen-bond donors (Lipinski definition) is 4. The monoisotopic (exact) mass is 288 g/mol. The van der Waals surface area contributed by atoms with E-state index < -0.39 is 23.9 Å². The Morgan fingerprint density at radius 1 is 1.45 bits per heavy atom. The molecule has 1 atom stereocenters. The maximum Gasteiger partial charge on any atom is 0.322 e. The van der Waals surface area contributed by atoms with Crippen LogP contribution in [0.1, 0.15) is 0 Å². The van der Waals surface area contributed by atoms with Gasteiger partial charge < -0.3 is 20.5 Å². The molecular weight excluding hydrogens is 268 g/mol. The van der Waals surface area contributed by atoms with Crippen LogP contribution in [-0.2, 0) is 14.3 Å². The minimum atomic E-state index is -0.991. The summed E-state index contributed by atoms with van der Waals surface area (Å²) in [6, 6.07) is -1.37. The summed E-state index contributed by atoms with van der Waals surface area (Å²) in [5.74, 6) is -1.53. The average Bonchev–Trinajstić information content (AvgIpc) is 2.39. The number of amides is 3. The van der Waals surface area contributed by atoms with Gasteiger partial charge in [0, 0.05) is 33.3 Å².